The van der Waals surface area contributed by atoms with Gasteiger partial charge in [-0.3, -0.25) is 9.52 Å². The van der Waals surface area contributed by atoms with Crippen molar-refractivity contribution < 1.29 is 27.4 Å². The maximum Gasteiger partial charge on any atom is 0.262 e. The van der Waals surface area contributed by atoms with Gasteiger partial charge in [0.2, 0.25) is 0 Å². The monoisotopic (exact) mass is 470 g/mol. The highest BCUT2D eigenvalue weighted by Gasteiger charge is 2.19. The van der Waals surface area contributed by atoms with Crippen LogP contribution in [-0.2, 0) is 10.0 Å². The van der Waals surface area contributed by atoms with Crippen molar-refractivity contribution in [2.75, 3.05) is 30.9 Å². The Hall–Kier alpha value is -3.72. The Morgan fingerprint density at radius 2 is 1.58 bits per heavy atom. The van der Waals surface area contributed by atoms with E-state index in [1.54, 1.807) is 61.5 Å². The van der Waals surface area contributed by atoms with Crippen LogP contribution in [0.5, 0.6) is 17.2 Å². The van der Waals surface area contributed by atoms with E-state index < -0.39 is 15.9 Å². The molecule has 0 atom stereocenters. The van der Waals surface area contributed by atoms with Gasteiger partial charge in [-0.2, -0.15) is 0 Å². The topological polar surface area (TPSA) is 103 Å². The minimum atomic E-state index is -3.89. The molecular formula is C24H26N2O6S. The lowest BCUT2D eigenvalue weighted by Crippen LogP contribution is -2.16. The zero-order valence-corrected chi connectivity index (χ0v) is 19.7. The number of carbonyl (C=O) groups is 1. The smallest absolute Gasteiger partial charge is 0.262 e. The summed E-state index contributed by atoms with van der Waals surface area (Å²) in [5.74, 6) is 1.17. The number of hydrogen-bond donors (Lipinski definition) is 2. The van der Waals surface area contributed by atoms with Crippen LogP contribution in [0.2, 0.25) is 0 Å². The van der Waals surface area contributed by atoms with Crippen molar-refractivity contribution in [1.82, 2.24) is 0 Å². The van der Waals surface area contributed by atoms with Gasteiger partial charge in [-0.15, -0.1) is 0 Å². The van der Waals surface area contributed by atoms with Crippen LogP contribution in [0.15, 0.2) is 65.6 Å². The highest BCUT2D eigenvalue weighted by Crippen LogP contribution is 2.29. The molecule has 0 aromatic heterocycles. The number of nitrogens with one attached hydrogen (secondary N) is 2. The molecule has 0 saturated carbocycles. The molecule has 0 saturated heterocycles. The van der Waals surface area contributed by atoms with E-state index in [9.17, 15) is 13.2 Å². The lowest BCUT2D eigenvalue weighted by Gasteiger charge is -2.14. The second-order valence-electron chi connectivity index (χ2n) is 7.07. The number of methoxy groups -OCH3 is 2. The summed E-state index contributed by atoms with van der Waals surface area (Å²) < 4.78 is 44.4. The van der Waals surface area contributed by atoms with Crippen LogP contribution in [0.3, 0.4) is 0 Å². The van der Waals surface area contributed by atoms with Crippen molar-refractivity contribution in [3.05, 3.63) is 71.8 Å². The maximum atomic E-state index is 13.0. The molecule has 0 aliphatic heterocycles. The minimum Gasteiger partial charge on any atom is -0.497 e. The Morgan fingerprint density at radius 3 is 2.21 bits per heavy atom. The van der Waals surface area contributed by atoms with E-state index in [4.69, 9.17) is 14.2 Å². The first-order chi connectivity index (χ1) is 15.8. The van der Waals surface area contributed by atoms with E-state index in [0.29, 0.717) is 46.4 Å². The van der Waals surface area contributed by atoms with Crippen molar-refractivity contribution >= 4 is 27.3 Å². The molecule has 0 spiro atoms. The molecule has 8 nitrogen and oxygen atoms in total. The third-order valence-corrected chi connectivity index (χ3v) is 6.33. The van der Waals surface area contributed by atoms with Crippen LogP contribution < -0.4 is 24.2 Å². The van der Waals surface area contributed by atoms with Gasteiger partial charge in [0.15, 0.2) is 11.5 Å². The lowest BCUT2D eigenvalue weighted by atomic mass is 10.1. The van der Waals surface area contributed by atoms with E-state index in [1.165, 1.54) is 20.3 Å². The molecule has 9 heteroatoms. The molecule has 0 aliphatic carbocycles. The Kier molecular flexibility index (Phi) is 7.44. The van der Waals surface area contributed by atoms with Crippen LogP contribution in [0.25, 0.3) is 0 Å². The van der Waals surface area contributed by atoms with Crippen molar-refractivity contribution in [2.24, 2.45) is 0 Å². The molecule has 174 valence electrons. The van der Waals surface area contributed by atoms with Gasteiger partial charge in [0.25, 0.3) is 15.9 Å². The molecule has 0 unspecified atom stereocenters. The summed E-state index contributed by atoms with van der Waals surface area (Å²) in [6.07, 6.45) is 0. The third-order valence-electron chi connectivity index (χ3n) is 4.80. The summed E-state index contributed by atoms with van der Waals surface area (Å²) in [6, 6.07) is 16.1. The van der Waals surface area contributed by atoms with Gasteiger partial charge in [0.1, 0.15) is 5.75 Å². The molecule has 0 bridgehead atoms. The molecule has 3 rings (SSSR count). The molecule has 0 aliphatic rings. The molecule has 33 heavy (non-hydrogen) atoms. The van der Waals surface area contributed by atoms with Crippen molar-refractivity contribution in [3.8, 4) is 17.2 Å². The first kappa shape index (κ1) is 23.9. The molecule has 0 radical (unpaired) electrons. The van der Waals surface area contributed by atoms with E-state index in [0.717, 1.165) is 0 Å². The largest absolute Gasteiger partial charge is 0.497 e. The van der Waals surface area contributed by atoms with Gasteiger partial charge in [-0.1, -0.05) is 6.07 Å². The van der Waals surface area contributed by atoms with E-state index in [2.05, 4.69) is 10.0 Å². The summed E-state index contributed by atoms with van der Waals surface area (Å²) in [6.45, 7) is 4.01. The van der Waals surface area contributed by atoms with Gasteiger partial charge < -0.3 is 19.5 Å². The zero-order chi connectivity index (χ0) is 24.0. The number of benzene rings is 3. The van der Waals surface area contributed by atoms with Gasteiger partial charge in [-0.05, 0) is 74.0 Å². The summed E-state index contributed by atoms with van der Waals surface area (Å²) in [4.78, 5) is 12.8. The van der Waals surface area contributed by atoms with Gasteiger partial charge in [-0.25, -0.2) is 8.42 Å². The molecule has 0 heterocycles. The SMILES string of the molecule is CCOc1ccc(C(=O)Nc2ccc(C)c(S(=O)(=O)Nc3ccc(OC)cc3)c2)cc1OC. The van der Waals surface area contributed by atoms with Crippen LogP contribution in [0.1, 0.15) is 22.8 Å². The average molecular weight is 471 g/mol. The maximum absolute atomic E-state index is 13.0. The van der Waals surface area contributed by atoms with Crippen molar-refractivity contribution in [3.63, 3.8) is 0 Å². The number of aryl methyl sites for hydroxylation is 1. The fourth-order valence-electron chi connectivity index (χ4n) is 3.12. The van der Waals surface area contributed by atoms with Crippen LogP contribution in [0, 0.1) is 6.92 Å². The first-order valence-electron chi connectivity index (χ1n) is 10.2. The van der Waals surface area contributed by atoms with E-state index >= 15 is 0 Å². The Morgan fingerprint density at radius 1 is 0.879 bits per heavy atom. The number of anilines is 2. The molecule has 3 aromatic carbocycles. The van der Waals surface area contributed by atoms with Crippen LogP contribution >= 0.6 is 0 Å². The number of hydrogen-bond acceptors (Lipinski definition) is 6. The average Bonchev–Trinajstić information content (AvgIpc) is 2.80. The second kappa shape index (κ2) is 10.3. The number of carbonyl (C=O) groups excluding carboxylic acids is 1. The Bertz CT molecular complexity index is 1240. The van der Waals surface area contributed by atoms with Gasteiger partial charge >= 0.3 is 0 Å². The standard InChI is InChI=1S/C24H26N2O6S/c1-5-32-21-13-7-17(14-22(21)31-4)24(27)25-19-8-6-16(2)23(15-19)33(28,29)26-18-9-11-20(30-3)12-10-18/h6-15,26H,5H2,1-4H3,(H,25,27). The van der Waals surface area contributed by atoms with Gasteiger partial charge in [0.05, 0.1) is 25.7 Å². The van der Waals surface area contributed by atoms with Crippen LogP contribution in [0.4, 0.5) is 11.4 Å². The summed E-state index contributed by atoms with van der Waals surface area (Å²) in [5, 5.41) is 2.74. The number of amides is 1. The molecular weight excluding hydrogens is 444 g/mol. The van der Waals surface area contributed by atoms with E-state index in [-0.39, 0.29) is 4.90 Å². The summed E-state index contributed by atoms with van der Waals surface area (Å²) in [7, 11) is -0.862. The first-order valence-corrected chi connectivity index (χ1v) is 11.7. The third kappa shape index (κ3) is 5.75. The summed E-state index contributed by atoms with van der Waals surface area (Å²) >= 11 is 0. The molecule has 1 amide bonds. The number of ether oxygens (including phenoxy) is 3. The molecule has 3 aromatic rings. The number of sulfonamides is 1. The fraction of sp³-hybridized carbons (Fsp3) is 0.208. The quantitative estimate of drug-likeness (QED) is 0.479. The Labute approximate surface area is 193 Å². The van der Waals surface area contributed by atoms with Crippen molar-refractivity contribution in [1.29, 1.82) is 0 Å². The minimum absolute atomic E-state index is 0.0559. The molecule has 2 N–H and O–H groups in total. The van der Waals surface area contributed by atoms with Crippen LogP contribution in [-0.4, -0.2) is 35.2 Å². The molecule has 0 fully saturated rings. The normalized spacial score (nSPS) is 10.9. The van der Waals surface area contributed by atoms with Crippen molar-refractivity contribution in [2.45, 2.75) is 18.7 Å². The second-order valence-corrected chi connectivity index (χ2v) is 8.72. The highest BCUT2D eigenvalue weighted by atomic mass is 32.2. The fourth-order valence-corrected chi connectivity index (χ4v) is 4.45. The predicted molar refractivity (Wildman–Crippen MR) is 127 cm³/mol. The Balaban J connectivity index is 1.82. The number of rotatable bonds is 9. The van der Waals surface area contributed by atoms with E-state index in [1.807, 2.05) is 6.92 Å². The zero-order valence-electron chi connectivity index (χ0n) is 18.8. The highest BCUT2D eigenvalue weighted by molar-refractivity contribution is 7.92. The predicted octanol–water partition coefficient (Wildman–Crippen LogP) is 4.46. The van der Waals surface area contributed by atoms with Gasteiger partial charge in [0, 0.05) is 16.9 Å². The lowest BCUT2D eigenvalue weighted by molar-refractivity contribution is 0.102. The summed E-state index contributed by atoms with van der Waals surface area (Å²) in [5.41, 5.74) is 1.62.